The van der Waals surface area contributed by atoms with E-state index in [-0.39, 0.29) is 18.1 Å². The van der Waals surface area contributed by atoms with Crippen molar-refractivity contribution in [3.63, 3.8) is 0 Å². The molecule has 9 heteroatoms. The highest BCUT2D eigenvalue weighted by Crippen LogP contribution is 2.43. The number of methoxy groups -OCH3 is 1. The van der Waals surface area contributed by atoms with E-state index in [1.54, 1.807) is 35.7 Å². The molecule has 2 bridgehead atoms. The molecule has 2 saturated heterocycles. The molecule has 0 spiro atoms. The smallest absolute Gasteiger partial charge is 0.243 e. The Balaban J connectivity index is 1.55. The molecule has 3 heterocycles. The summed E-state index contributed by atoms with van der Waals surface area (Å²) in [5.41, 5.74) is 0.788. The molecule has 1 aromatic heterocycles. The Morgan fingerprint density at radius 2 is 1.81 bits per heavy atom. The van der Waals surface area contributed by atoms with Gasteiger partial charge in [-0.1, -0.05) is 16.8 Å². The van der Waals surface area contributed by atoms with E-state index < -0.39 is 10.0 Å². The van der Waals surface area contributed by atoms with Gasteiger partial charge in [0, 0.05) is 24.2 Å². The van der Waals surface area contributed by atoms with Crippen LogP contribution >= 0.6 is 11.6 Å². The zero-order chi connectivity index (χ0) is 18.3. The van der Waals surface area contributed by atoms with Crippen LogP contribution in [0.3, 0.4) is 0 Å². The van der Waals surface area contributed by atoms with Crippen LogP contribution in [0.4, 0.5) is 0 Å². The summed E-state index contributed by atoms with van der Waals surface area (Å²) in [4.78, 5) is 0.306. The third-order valence-electron chi connectivity index (χ3n) is 5.25. The average molecular weight is 397 g/mol. The summed E-state index contributed by atoms with van der Waals surface area (Å²) in [7, 11) is -1.89. The molecule has 2 aliphatic heterocycles. The van der Waals surface area contributed by atoms with Gasteiger partial charge in [-0.2, -0.15) is 4.31 Å². The molecule has 0 N–H and O–H groups in total. The molecule has 2 atom stereocenters. The van der Waals surface area contributed by atoms with Crippen LogP contribution in [-0.2, 0) is 21.4 Å². The van der Waals surface area contributed by atoms with Gasteiger partial charge >= 0.3 is 0 Å². The SMILES string of the molecule is COCc1cn(C2CC3CCC(C2)N3S(=O)(=O)c2ccc(Cl)cc2)nn1. The molecule has 140 valence electrons. The number of fused-ring (bicyclic) bond motifs is 2. The Morgan fingerprint density at radius 1 is 1.15 bits per heavy atom. The minimum atomic E-state index is -3.51. The summed E-state index contributed by atoms with van der Waals surface area (Å²) >= 11 is 5.90. The van der Waals surface area contributed by atoms with Gasteiger partial charge in [-0.3, -0.25) is 0 Å². The van der Waals surface area contributed by atoms with Crippen molar-refractivity contribution in [3.05, 3.63) is 41.2 Å². The molecule has 7 nitrogen and oxygen atoms in total. The first-order valence-electron chi connectivity index (χ1n) is 8.68. The molecule has 0 saturated carbocycles. The van der Waals surface area contributed by atoms with E-state index in [2.05, 4.69) is 10.3 Å². The lowest BCUT2D eigenvalue weighted by molar-refractivity contribution is 0.180. The standard InChI is InChI=1S/C17H21ClN4O3S/c1-25-11-13-10-21(20-19-13)16-8-14-4-5-15(9-16)22(14)26(23,24)17-6-2-12(18)3-7-17/h2-3,6-7,10,14-16H,4-5,8-9,11H2,1H3. The number of nitrogens with zero attached hydrogens (tertiary/aromatic N) is 4. The van der Waals surface area contributed by atoms with E-state index >= 15 is 0 Å². The Labute approximate surface area is 157 Å². The van der Waals surface area contributed by atoms with Crippen LogP contribution < -0.4 is 0 Å². The number of ether oxygens (including phenoxy) is 1. The monoisotopic (exact) mass is 396 g/mol. The van der Waals surface area contributed by atoms with Gasteiger partial charge in [-0.05, 0) is 49.9 Å². The lowest BCUT2D eigenvalue weighted by Gasteiger charge is -2.37. The summed E-state index contributed by atoms with van der Waals surface area (Å²) in [5.74, 6) is 0. The van der Waals surface area contributed by atoms with Crippen LogP contribution in [0.15, 0.2) is 35.4 Å². The third-order valence-corrected chi connectivity index (χ3v) is 7.53. The average Bonchev–Trinajstić information content (AvgIpc) is 3.19. The van der Waals surface area contributed by atoms with Gasteiger partial charge in [0.25, 0.3) is 0 Å². The van der Waals surface area contributed by atoms with Gasteiger partial charge in [0.05, 0.1) is 23.7 Å². The van der Waals surface area contributed by atoms with Crippen molar-refractivity contribution in [2.24, 2.45) is 0 Å². The molecule has 0 radical (unpaired) electrons. The van der Waals surface area contributed by atoms with Crippen LogP contribution in [-0.4, -0.2) is 46.9 Å². The van der Waals surface area contributed by atoms with E-state index in [1.807, 2.05) is 10.9 Å². The van der Waals surface area contributed by atoms with Crippen LogP contribution in [0.2, 0.25) is 5.02 Å². The molecular formula is C17H21ClN4O3S. The fourth-order valence-electron chi connectivity index (χ4n) is 4.15. The van der Waals surface area contributed by atoms with Crippen molar-refractivity contribution in [2.45, 2.75) is 55.3 Å². The number of benzene rings is 1. The van der Waals surface area contributed by atoms with Crippen molar-refractivity contribution < 1.29 is 13.2 Å². The second-order valence-corrected chi connectivity index (χ2v) is 9.20. The number of piperidine rings is 1. The zero-order valence-electron chi connectivity index (χ0n) is 14.5. The first-order valence-corrected chi connectivity index (χ1v) is 10.5. The number of hydrogen-bond acceptors (Lipinski definition) is 5. The number of sulfonamides is 1. The normalized spacial score (nSPS) is 26.3. The molecular weight excluding hydrogens is 376 g/mol. The third kappa shape index (κ3) is 3.15. The highest BCUT2D eigenvalue weighted by atomic mass is 35.5. The van der Waals surface area contributed by atoms with E-state index in [9.17, 15) is 8.42 Å². The summed E-state index contributed by atoms with van der Waals surface area (Å²) < 4.78 is 34.9. The topological polar surface area (TPSA) is 77.3 Å². The molecule has 0 aliphatic carbocycles. The van der Waals surface area contributed by atoms with Gasteiger partial charge in [0.1, 0.15) is 5.69 Å². The van der Waals surface area contributed by atoms with E-state index in [0.29, 0.717) is 16.5 Å². The first-order chi connectivity index (χ1) is 12.5. The second kappa shape index (κ2) is 6.92. The van der Waals surface area contributed by atoms with Crippen molar-refractivity contribution in [2.75, 3.05) is 7.11 Å². The Hall–Kier alpha value is -1.48. The predicted molar refractivity (Wildman–Crippen MR) is 96.3 cm³/mol. The second-order valence-electron chi connectivity index (χ2n) is 6.92. The highest BCUT2D eigenvalue weighted by Gasteiger charge is 2.47. The van der Waals surface area contributed by atoms with Crippen LogP contribution in [0, 0.1) is 0 Å². The summed E-state index contributed by atoms with van der Waals surface area (Å²) in [5, 5.41) is 8.86. The van der Waals surface area contributed by atoms with Crippen molar-refractivity contribution in [3.8, 4) is 0 Å². The van der Waals surface area contributed by atoms with Crippen molar-refractivity contribution in [1.82, 2.24) is 19.3 Å². The number of hydrogen-bond donors (Lipinski definition) is 0. The van der Waals surface area contributed by atoms with Gasteiger partial charge in [0.2, 0.25) is 10.0 Å². The Kier molecular flexibility index (Phi) is 4.77. The van der Waals surface area contributed by atoms with E-state index in [1.165, 1.54) is 0 Å². The first kappa shape index (κ1) is 17.9. The largest absolute Gasteiger partial charge is 0.378 e. The molecule has 2 fully saturated rings. The molecule has 2 unspecified atom stereocenters. The van der Waals surface area contributed by atoms with Crippen LogP contribution in [0.5, 0.6) is 0 Å². The predicted octanol–water partition coefficient (Wildman–Crippen LogP) is 2.63. The van der Waals surface area contributed by atoms with Gasteiger partial charge in [-0.15, -0.1) is 5.10 Å². The van der Waals surface area contributed by atoms with Crippen LogP contribution in [0.25, 0.3) is 0 Å². The zero-order valence-corrected chi connectivity index (χ0v) is 16.0. The maximum Gasteiger partial charge on any atom is 0.243 e. The number of halogens is 1. The maximum absolute atomic E-state index is 13.1. The molecule has 2 aliphatic rings. The maximum atomic E-state index is 13.1. The summed E-state index contributed by atoms with van der Waals surface area (Å²) in [6.45, 7) is 0.427. The van der Waals surface area contributed by atoms with Crippen LogP contribution in [0.1, 0.15) is 37.4 Å². The van der Waals surface area contributed by atoms with Gasteiger partial charge in [0.15, 0.2) is 0 Å². The van der Waals surface area contributed by atoms with E-state index in [0.717, 1.165) is 31.4 Å². The van der Waals surface area contributed by atoms with Gasteiger partial charge < -0.3 is 4.74 Å². The molecule has 1 aromatic carbocycles. The molecule has 0 amide bonds. The lowest BCUT2D eigenvalue weighted by Crippen LogP contribution is -2.46. The van der Waals surface area contributed by atoms with Crippen molar-refractivity contribution in [1.29, 1.82) is 0 Å². The van der Waals surface area contributed by atoms with Crippen molar-refractivity contribution >= 4 is 21.6 Å². The quantitative estimate of drug-likeness (QED) is 0.776. The number of rotatable bonds is 5. The molecule has 4 rings (SSSR count). The Bertz CT molecular complexity index is 870. The fourth-order valence-corrected chi connectivity index (χ4v) is 6.17. The minimum absolute atomic E-state index is 0.00509. The lowest BCUT2D eigenvalue weighted by atomic mass is 10.00. The highest BCUT2D eigenvalue weighted by molar-refractivity contribution is 7.89. The molecule has 2 aromatic rings. The van der Waals surface area contributed by atoms with Gasteiger partial charge in [-0.25, -0.2) is 13.1 Å². The summed E-state index contributed by atoms with van der Waals surface area (Å²) in [6, 6.07) is 6.56. The fraction of sp³-hybridized carbons (Fsp3) is 0.529. The minimum Gasteiger partial charge on any atom is -0.378 e. The Morgan fingerprint density at radius 3 is 2.42 bits per heavy atom. The van der Waals surface area contributed by atoms with E-state index in [4.69, 9.17) is 16.3 Å². The number of aromatic nitrogens is 3. The molecule has 26 heavy (non-hydrogen) atoms. The summed E-state index contributed by atoms with van der Waals surface area (Å²) in [6.07, 6.45) is 5.16.